The minimum atomic E-state index is -0.665. The second-order valence-electron chi connectivity index (χ2n) is 18.0. The first kappa shape index (κ1) is 59.5. The normalized spacial score (nSPS) is 14.8. The molecule has 0 aromatic rings. The minimum Gasteiger partial charge on any atom is -0.465 e. The van der Waals surface area contributed by atoms with Crippen LogP contribution in [0, 0.1) is 11.8 Å². The van der Waals surface area contributed by atoms with Crippen LogP contribution >= 0.6 is 0 Å². The van der Waals surface area contributed by atoms with E-state index >= 15 is 0 Å². The van der Waals surface area contributed by atoms with E-state index in [1.165, 1.54) is 25.7 Å². The lowest BCUT2D eigenvalue weighted by molar-refractivity contribution is -0.156. The molecule has 65 heavy (non-hydrogen) atoms. The number of nitrogens with one attached hydrogen (secondary N) is 1. The highest BCUT2D eigenvalue weighted by molar-refractivity contribution is 5.73. The van der Waals surface area contributed by atoms with Gasteiger partial charge in [-0.1, -0.05) is 156 Å². The van der Waals surface area contributed by atoms with Gasteiger partial charge in [0.05, 0.1) is 39.3 Å². The van der Waals surface area contributed by atoms with Crippen molar-refractivity contribution in [1.82, 2.24) is 5.32 Å². The van der Waals surface area contributed by atoms with Gasteiger partial charge < -0.3 is 33.7 Å². The summed E-state index contributed by atoms with van der Waals surface area (Å²) in [6.07, 6.45) is 28.0. The lowest BCUT2D eigenvalue weighted by atomic mass is 10.1. The number of carbonyl (C=O) groups is 6. The van der Waals surface area contributed by atoms with Crippen molar-refractivity contribution in [2.45, 2.75) is 233 Å². The molecule has 13 heteroatoms. The smallest absolute Gasteiger partial charge is 0.306 e. The molecule has 0 bridgehead atoms. The molecule has 0 aromatic heterocycles. The first-order valence-corrected chi connectivity index (χ1v) is 26.0. The monoisotopic (exact) mass is 922 g/mol. The zero-order valence-electron chi connectivity index (χ0n) is 41.3. The van der Waals surface area contributed by atoms with Crippen LogP contribution < -0.4 is 5.32 Å². The summed E-state index contributed by atoms with van der Waals surface area (Å²) < 4.78 is 33.7. The Morgan fingerprint density at radius 2 is 0.631 bits per heavy atom. The third kappa shape index (κ3) is 36.3. The number of ether oxygens (including phenoxy) is 6. The number of esters is 6. The first-order valence-electron chi connectivity index (χ1n) is 26.0. The van der Waals surface area contributed by atoms with Gasteiger partial charge in [0.2, 0.25) is 0 Å². The Morgan fingerprint density at radius 3 is 0.892 bits per heavy atom. The molecule has 0 amide bonds. The van der Waals surface area contributed by atoms with Crippen molar-refractivity contribution in [2.24, 2.45) is 11.8 Å². The predicted octanol–water partition coefficient (Wildman–Crippen LogP) is 11.2. The van der Waals surface area contributed by atoms with Gasteiger partial charge in [-0.25, -0.2) is 0 Å². The second-order valence-corrected chi connectivity index (χ2v) is 18.0. The Bertz CT molecular complexity index is 1130. The number of hydrogen-bond donors (Lipinski definition) is 1. The Labute approximate surface area is 393 Å². The third-order valence-electron chi connectivity index (χ3n) is 11.6. The summed E-state index contributed by atoms with van der Waals surface area (Å²) in [5, 5.41) is 3.17. The summed E-state index contributed by atoms with van der Waals surface area (Å²) >= 11 is 0. The quantitative estimate of drug-likeness (QED) is 0.0266. The maximum atomic E-state index is 13.2. The lowest BCUT2D eigenvalue weighted by Gasteiger charge is -2.19. The summed E-state index contributed by atoms with van der Waals surface area (Å²) in [6, 6.07) is 0. The predicted molar refractivity (Wildman–Crippen MR) is 254 cm³/mol. The second kappa shape index (κ2) is 41.9. The number of carbonyl (C=O) groups excluding carboxylic acids is 6. The third-order valence-corrected chi connectivity index (χ3v) is 11.6. The summed E-state index contributed by atoms with van der Waals surface area (Å²) in [5.74, 6) is -3.58. The van der Waals surface area contributed by atoms with Crippen molar-refractivity contribution in [3.8, 4) is 0 Å². The number of rotatable bonds is 42. The van der Waals surface area contributed by atoms with Crippen LogP contribution in [0.4, 0.5) is 0 Å². The molecule has 0 saturated heterocycles. The number of unbranched alkanes of at least 4 members (excludes halogenated alkanes) is 20. The van der Waals surface area contributed by atoms with Crippen LogP contribution in [0.1, 0.15) is 220 Å². The van der Waals surface area contributed by atoms with Gasteiger partial charge in [0.25, 0.3) is 0 Å². The summed E-state index contributed by atoms with van der Waals surface area (Å²) in [7, 11) is 0. The van der Waals surface area contributed by atoms with Gasteiger partial charge in [0.15, 0.2) is 0 Å². The van der Waals surface area contributed by atoms with E-state index in [0.29, 0.717) is 25.7 Å². The molecule has 1 heterocycles. The molecule has 0 aromatic carbocycles. The fourth-order valence-corrected chi connectivity index (χ4v) is 7.48. The molecule has 1 N–H and O–H groups in total. The molecule has 0 radical (unpaired) electrons. The van der Waals surface area contributed by atoms with Crippen molar-refractivity contribution < 1.29 is 57.2 Å². The summed E-state index contributed by atoms with van der Waals surface area (Å²) in [6.45, 7) is 8.92. The molecule has 1 aliphatic heterocycles. The average Bonchev–Trinajstić information content (AvgIpc) is 3.51. The zero-order chi connectivity index (χ0) is 47.6. The minimum absolute atomic E-state index is 0.0670. The lowest BCUT2D eigenvalue weighted by Crippen LogP contribution is -2.34. The van der Waals surface area contributed by atoms with Crippen molar-refractivity contribution in [3.63, 3.8) is 0 Å². The Morgan fingerprint density at radius 1 is 0.385 bits per heavy atom. The van der Waals surface area contributed by atoms with Gasteiger partial charge in [0.1, 0.15) is 12.2 Å². The molecule has 1 aliphatic rings. The highest BCUT2D eigenvalue weighted by Gasteiger charge is 2.25. The van der Waals surface area contributed by atoms with E-state index in [2.05, 4.69) is 33.0 Å². The van der Waals surface area contributed by atoms with Crippen LogP contribution in [0.2, 0.25) is 0 Å². The molecule has 1 rings (SSSR count). The van der Waals surface area contributed by atoms with E-state index in [-0.39, 0.29) is 76.2 Å². The maximum Gasteiger partial charge on any atom is 0.306 e. The van der Waals surface area contributed by atoms with E-state index in [4.69, 9.17) is 28.4 Å². The van der Waals surface area contributed by atoms with Crippen molar-refractivity contribution in [3.05, 3.63) is 12.2 Å². The van der Waals surface area contributed by atoms with E-state index in [1.807, 2.05) is 0 Å². The standard InChI is InChI=1S/C52H91NO12/c1-5-9-13-17-21-25-29-47(54)60-39-43(40-61-48(55)30-26-22-18-14-10-6-2)35-51(58)64-45-33-34-46(38-53-37-45)65-52(59)36-44(41-62-49(56)31-27-23-19-15-11-7-3)42-63-50(57)32-28-24-20-16-12-8-4/h33-34,43-46,53H,5-32,35-42H2,1-4H3/t45-,46+. The Kier molecular flexibility index (Phi) is 38.4. The van der Waals surface area contributed by atoms with Gasteiger partial charge in [-0.3, -0.25) is 28.8 Å². The van der Waals surface area contributed by atoms with Crippen LogP contribution in [-0.4, -0.2) is 87.5 Å². The topological polar surface area (TPSA) is 170 Å². The van der Waals surface area contributed by atoms with Gasteiger partial charge >= 0.3 is 35.8 Å². The highest BCUT2D eigenvalue weighted by Crippen LogP contribution is 2.17. The van der Waals surface area contributed by atoms with Gasteiger partial charge in [-0.15, -0.1) is 0 Å². The van der Waals surface area contributed by atoms with E-state index < -0.39 is 36.0 Å². The molecule has 376 valence electrons. The number of hydrogen-bond acceptors (Lipinski definition) is 13. The highest BCUT2D eigenvalue weighted by atomic mass is 16.6. The van der Waals surface area contributed by atoms with Gasteiger partial charge in [0, 0.05) is 50.6 Å². The molecule has 0 unspecified atom stereocenters. The van der Waals surface area contributed by atoms with Crippen LogP contribution in [0.3, 0.4) is 0 Å². The molecule has 0 spiro atoms. The van der Waals surface area contributed by atoms with Crippen molar-refractivity contribution in [2.75, 3.05) is 39.5 Å². The molecule has 0 saturated carbocycles. The van der Waals surface area contributed by atoms with E-state index in [9.17, 15) is 28.8 Å². The fourth-order valence-electron chi connectivity index (χ4n) is 7.48. The summed E-state index contributed by atoms with van der Waals surface area (Å²) in [5.41, 5.74) is 0. The molecule has 13 nitrogen and oxygen atoms in total. The largest absolute Gasteiger partial charge is 0.465 e. The Hall–Kier alpha value is -3.48. The molecular weight excluding hydrogens is 831 g/mol. The first-order chi connectivity index (χ1) is 31.6. The van der Waals surface area contributed by atoms with Crippen molar-refractivity contribution in [1.29, 1.82) is 0 Å². The average molecular weight is 922 g/mol. The van der Waals surface area contributed by atoms with Crippen molar-refractivity contribution >= 4 is 35.8 Å². The molecule has 0 fully saturated rings. The van der Waals surface area contributed by atoms with Crippen LogP contribution in [0.15, 0.2) is 12.2 Å². The molecule has 0 aliphatic carbocycles. The van der Waals surface area contributed by atoms with Gasteiger partial charge in [-0.2, -0.15) is 0 Å². The Balaban J connectivity index is 2.76. The summed E-state index contributed by atoms with van der Waals surface area (Å²) in [4.78, 5) is 76.6. The van der Waals surface area contributed by atoms with Crippen LogP contribution in [0.5, 0.6) is 0 Å². The van der Waals surface area contributed by atoms with E-state index in [1.54, 1.807) is 12.2 Å². The van der Waals surface area contributed by atoms with Crippen LogP contribution in [-0.2, 0) is 57.2 Å². The molecular formula is C52H91NO12. The van der Waals surface area contributed by atoms with Crippen LogP contribution in [0.25, 0.3) is 0 Å². The SMILES string of the molecule is CCCCCCCCC(=O)OCC(COC(=O)CCCCCCCC)CC(=O)O[C@@H]1C=C[C@H](OC(=O)CC(COC(=O)CCCCCCCC)COC(=O)CCCCCCCC)CNC1. The maximum absolute atomic E-state index is 13.2. The zero-order valence-corrected chi connectivity index (χ0v) is 41.3. The fraction of sp³-hybridized carbons (Fsp3) is 0.846. The van der Waals surface area contributed by atoms with E-state index in [0.717, 1.165) is 128 Å². The van der Waals surface area contributed by atoms with Gasteiger partial charge in [-0.05, 0) is 37.8 Å². The molecule has 2 atom stereocenters.